The minimum absolute atomic E-state index is 0.453. The Hall–Kier alpha value is -1.42. The van der Waals surface area contributed by atoms with E-state index in [1.807, 2.05) is 18.2 Å². The van der Waals surface area contributed by atoms with Gasteiger partial charge in [0.05, 0.1) is 11.6 Å². The van der Waals surface area contributed by atoms with Crippen LogP contribution in [0.25, 0.3) is 0 Å². The van der Waals surface area contributed by atoms with Crippen molar-refractivity contribution >= 4 is 17.6 Å². The summed E-state index contributed by atoms with van der Waals surface area (Å²) in [6.07, 6.45) is 0.985. The number of nitrogens with zero attached hydrogens (tertiary/aromatic N) is 1. The Bertz CT molecular complexity index is 369. The topological polar surface area (TPSA) is 59.6 Å². The zero-order valence-electron chi connectivity index (χ0n) is 9.95. The third-order valence-corrected chi connectivity index (χ3v) is 2.32. The van der Waals surface area contributed by atoms with E-state index in [0.717, 1.165) is 13.0 Å². The zero-order valence-corrected chi connectivity index (χ0v) is 10.7. The number of hydrogen-bond acceptors (Lipinski definition) is 2. The summed E-state index contributed by atoms with van der Waals surface area (Å²) in [6, 6.07) is 7.37. The second-order valence-electron chi connectivity index (χ2n) is 3.47. The van der Waals surface area contributed by atoms with Crippen LogP contribution in [0.5, 0.6) is 5.75 Å². The van der Waals surface area contributed by atoms with Crippen LogP contribution in [0, 0.1) is 0 Å². The number of nitrogens with two attached hydrogens (primary N) is 1. The molecule has 0 fully saturated rings. The number of hydrogen-bond donors (Lipinski definition) is 2. The van der Waals surface area contributed by atoms with Crippen LogP contribution in [-0.2, 0) is 0 Å². The number of guanidine groups is 1. The Balaban J connectivity index is 2.23. The van der Waals surface area contributed by atoms with Gasteiger partial charge < -0.3 is 15.8 Å². The van der Waals surface area contributed by atoms with Crippen molar-refractivity contribution in [2.24, 2.45) is 10.7 Å². The molecule has 1 rings (SSSR count). The third-order valence-electron chi connectivity index (χ3n) is 2.01. The molecule has 0 aliphatic carbocycles. The Labute approximate surface area is 107 Å². The van der Waals surface area contributed by atoms with Crippen molar-refractivity contribution in [1.82, 2.24) is 5.32 Å². The zero-order chi connectivity index (χ0) is 12.5. The van der Waals surface area contributed by atoms with Crippen LogP contribution < -0.4 is 15.8 Å². The van der Waals surface area contributed by atoms with Gasteiger partial charge in [-0.25, -0.2) is 0 Å². The summed E-state index contributed by atoms with van der Waals surface area (Å²) in [5.41, 5.74) is 5.63. The monoisotopic (exact) mass is 255 g/mol. The summed E-state index contributed by atoms with van der Waals surface area (Å²) in [4.78, 5) is 4.11. The highest BCUT2D eigenvalue weighted by atomic mass is 35.5. The summed E-state index contributed by atoms with van der Waals surface area (Å²) in [6.45, 7) is 3.89. The van der Waals surface area contributed by atoms with E-state index in [9.17, 15) is 0 Å². The molecule has 5 heteroatoms. The second kappa shape index (κ2) is 7.79. The van der Waals surface area contributed by atoms with Gasteiger partial charge in [-0.05, 0) is 18.6 Å². The number of para-hydroxylation sites is 1. The molecule has 1 aromatic carbocycles. The van der Waals surface area contributed by atoms with Crippen molar-refractivity contribution < 1.29 is 4.74 Å². The van der Waals surface area contributed by atoms with Crippen LogP contribution in [0.4, 0.5) is 0 Å². The molecule has 0 saturated heterocycles. The van der Waals surface area contributed by atoms with Crippen molar-refractivity contribution in [1.29, 1.82) is 0 Å². The lowest BCUT2D eigenvalue weighted by atomic mass is 10.3. The quantitative estimate of drug-likeness (QED) is 0.465. The molecule has 4 nitrogen and oxygen atoms in total. The smallest absolute Gasteiger partial charge is 0.188 e. The molecule has 0 aliphatic heterocycles. The normalized spacial score (nSPS) is 11.3. The Morgan fingerprint density at radius 1 is 1.47 bits per heavy atom. The van der Waals surface area contributed by atoms with E-state index in [4.69, 9.17) is 22.1 Å². The van der Waals surface area contributed by atoms with Crippen LogP contribution in [0.1, 0.15) is 13.3 Å². The fraction of sp³-hybridized carbons (Fsp3) is 0.417. The predicted molar refractivity (Wildman–Crippen MR) is 71.7 cm³/mol. The number of halogens is 1. The first-order chi connectivity index (χ1) is 8.24. The van der Waals surface area contributed by atoms with Gasteiger partial charge in [0.1, 0.15) is 12.4 Å². The standard InChI is InChI=1S/C12H18ClN3O/c1-2-7-15-12(14)16-8-9-17-11-6-4-3-5-10(11)13/h3-6H,2,7-9H2,1H3,(H3,14,15,16). The first-order valence-corrected chi connectivity index (χ1v) is 6.03. The molecular formula is C12H18ClN3O. The van der Waals surface area contributed by atoms with E-state index in [0.29, 0.717) is 29.9 Å². The van der Waals surface area contributed by atoms with E-state index in [2.05, 4.69) is 17.2 Å². The highest BCUT2D eigenvalue weighted by Gasteiger charge is 1.98. The van der Waals surface area contributed by atoms with Gasteiger partial charge in [-0.15, -0.1) is 0 Å². The van der Waals surface area contributed by atoms with Gasteiger partial charge in [0, 0.05) is 6.54 Å². The molecule has 0 amide bonds. The molecule has 0 spiro atoms. The molecule has 0 aliphatic rings. The third kappa shape index (κ3) is 5.45. The first kappa shape index (κ1) is 13.6. The first-order valence-electron chi connectivity index (χ1n) is 5.65. The summed E-state index contributed by atoms with van der Waals surface area (Å²) in [5.74, 6) is 1.13. The van der Waals surface area contributed by atoms with Gasteiger partial charge in [-0.1, -0.05) is 30.7 Å². The highest BCUT2D eigenvalue weighted by Crippen LogP contribution is 2.22. The molecule has 94 valence electrons. The van der Waals surface area contributed by atoms with Crippen LogP contribution in [0.3, 0.4) is 0 Å². The van der Waals surface area contributed by atoms with E-state index in [1.165, 1.54) is 0 Å². The SMILES string of the molecule is CCCN=C(N)NCCOc1ccccc1Cl. The van der Waals surface area contributed by atoms with Gasteiger partial charge in [0.2, 0.25) is 0 Å². The summed E-state index contributed by atoms with van der Waals surface area (Å²) >= 11 is 5.94. The van der Waals surface area contributed by atoms with E-state index >= 15 is 0 Å². The molecule has 0 saturated carbocycles. The average Bonchev–Trinajstić information content (AvgIpc) is 2.34. The highest BCUT2D eigenvalue weighted by molar-refractivity contribution is 6.32. The number of ether oxygens (including phenoxy) is 1. The van der Waals surface area contributed by atoms with Crippen molar-refractivity contribution in [2.75, 3.05) is 19.7 Å². The maximum atomic E-state index is 5.94. The van der Waals surface area contributed by atoms with E-state index in [-0.39, 0.29) is 0 Å². The Morgan fingerprint density at radius 3 is 2.94 bits per heavy atom. The van der Waals surface area contributed by atoms with Crippen molar-refractivity contribution in [3.8, 4) is 5.75 Å². The number of nitrogens with one attached hydrogen (secondary N) is 1. The van der Waals surface area contributed by atoms with Gasteiger partial charge in [0.15, 0.2) is 5.96 Å². The van der Waals surface area contributed by atoms with E-state index < -0.39 is 0 Å². The van der Waals surface area contributed by atoms with Crippen molar-refractivity contribution in [3.05, 3.63) is 29.3 Å². The van der Waals surface area contributed by atoms with Crippen molar-refractivity contribution in [2.45, 2.75) is 13.3 Å². The molecule has 0 atom stereocenters. The molecule has 3 N–H and O–H groups in total. The van der Waals surface area contributed by atoms with Gasteiger partial charge in [-0.3, -0.25) is 4.99 Å². The Morgan fingerprint density at radius 2 is 2.24 bits per heavy atom. The van der Waals surface area contributed by atoms with Crippen LogP contribution in [0.15, 0.2) is 29.3 Å². The molecule has 0 heterocycles. The predicted octanol–water partition coefficient (Wildman–Crippen LogP) is 2.03. The van der Waals surface area contributed by atoms with Crippen LogP contribution in [-0.4, -0.2) is 25.7 Å². The van der Waals surface area contributed by atoms with Gasteiger partial charge >= 0.3 is 0 Å². The minimum Gasteiger partial charge on any atom is -0.490 e. The van der Waals surface area contributed by atoms with Gasteiger partial charge in [0.25, 0.3) is 0 Å². The Kier molecular flexibility index (Phi) is 6.25. The second-order valence-corrected chi connectivity index (χ2v) is 3.88. The largest absolute Gasteiger partial charge is 0.490 e. The molecule has 0 unspecified atom stereocenters. The van der Waals surface area contributed by atoms with Crippen LogP contribution in [0.2, 0.25) is 5.02 Å². The van der Waals surface area contributed by atoms with Crippen LogP contribution >= 0.6 is 11.6 Å². The summed E-state index contributed by atoms with van der Waals surface area (Å²) in [5, 5.41) is 3.58. The van der Waals surface area contributed by atoms with Crippen molar-refractivity contribution in [3.63, 3.8) is 0 Å². The average molecular weight is 256 g/mol. The molecule has 0 bridgehead atoms. The molecule has 0 radical (unpaired) electrons. The van der Waals surface area contributed by atoms with Gasteiger partial charge in [-0.2, -0.15) is 0 Å². The lowest BCUT2D eigenvalue weighted by Gasteiger charge is -2.09. The molecule has 17 heavy (non-hydrogen) atoms. The molecule has 0 aromatic heterocycles. The summed E-state index contributed by atoms with van der Waals surface area (Å²) < 4.78 is 5.49. The number of benzene rings is 1. The van der Waals surface area contributed by atoms with E-state index in [1.54, 1.807) is 6.07 Å². The summed E-state index contributed by atoms with van der Waals surface area (Å²) in [7, 11) is 0. The maximum absolute atomic E-state index is 5.94. The fourth-order valence-electron chi connectivity index (χ4n) is 1.19. The number of aliphatic imine (C=N–C) groups is 1. The number of rotatable bonds is 6. The lowest BCUT2D eigenvalue weighted by molar-refractivity contribution is 0.322. The molecule has 1 aromatic rings. The lowest BCUT2D eigenvalue weighted by Crippen LogP contribution is -2.34. The maximum Gasteiger partial charge on any atom is 0.188 e. The minimum atomic E-state index is 0.453. The molecular weight excluding hydrogens is 238 g/mol. The fourth-order valence-corrected chi connectivity index (χ4v) is 1.38.